The number of rotatable bonds is 6. The first kappa shape index (κ1) is 18.4. The maximum absolute atomic E-state index is 13.2. The number of fused-ring (bicyclic) bond motifs is 1. The van der Waals surface area contributed by atoms with Gasteiger partial charge in [0.25, 0.3) is 6.43 Å². The molecule has 0 radical (unpaired) electrons. The summed E-state index contributed by atoms with van der Waals surface area (Å²) in [5.41, 5.74) is -0.0170. The Morgan fingerprint density at radius 2 is 1.96 bits per heavy atom. The van der Waals surface area contributed by atoms with Gasteiger partial charge in [-0.2, -0.15) is 23.3 Å². The highest BCUT2D eigenvalue weighted by atomic mass is 19.4. The highest BCUT2D eigenvalue weighted by Crippen LogP contribution is 2.36. The summed E-state index contributed by atoms with van der Waals surface area (Å²) in [5.74, 6) is -0.321. The van der Waals surface area contributed by atoms with E-state index in [2.05, 4.69) is 25.7 Å². The third kappa shape index (κ3) is 3.82. The molecule has 1 aliphatic carbocycles. The van der Waals surface area contributed by atoms with Gasteiger partial charge < -0.3 is 10.6 Å². The number of hydrogen-bond acceptors (Lipinski definition) is 5. The van der Waals surface area contributed by atoms with Crippen molar-refractivity contribution in [2.24, 2.45) is 0 Å². The van der Waals surface area contributed by atoms with E-state index in [-0.39, 0.29) is 17.8 Å². The molecule has 148 valence electrons. The number of benzene rings is 1. The zero-order valence-electron chi connectivity index (χ0n) is 14.3. The van der Waals surface area contributed by atoms with E-state index in [1.165, 1.54) is 10.9 Å². The van der Waals surface area contributed by atoms with Crippen molar-refractivity contribution in [3.8, 4) is 0 Å². The van der Waals surface area contributed by atoms with E-state index < -0.39 is 24.7 Å². The van der Waals surface area contributed by atoms with Gasteiger partial charge in [0.2, 0.25) is 5.95 Å². The molecule has 1 fully saturated rings. The third-order valence-electron chi connectivity index (χ3n) is 4.26. The highest BCUT2D eigenvalue weighted by molar-refractivity contribution is 5.92. The fourth-order valence-corrected chi connectivity index (χ4v) is 2.79. The van der Waals surface area contributed by atoms with Crippen LogP contribution in [0.5, 0.6) is 0 Å². The number of anilines is 3. The summed E-state index contributed by atoms with van der Waals surface area (Å²) < 4.78 is 66.0. The molecule has 0 unspecified atom stereocenters. The molecule has 4 rings (SSSR count). The number of nitrogens with zero attached hydrogens (tertiary/aromatic N) is 4. The Balaban J connectivity index is 1.66. The molecule has 28 heavy (non-hydrogen) atoms. The molecule has 3 aromatic rings. The van der Waals surface area contributed by atoms with Crippen molar-refractivity contribution < 1.29 is 22.0 Å². The fraction of sp³-hybridized carbons (Fsp3) is 0.353. The molecule has 0 amide bonds. The van der Waals surface area contributed by atoms with Crippen LogP contribution in [0.25, 0.3) is 10.9 Å². The second-order valence-electron chi connectivity index (χ2n) is 6.45. The molecular formula is C17H15F5N6. The lowest BCUT2D eigenvalue weighted by atomic mass is 10.2. The monoisotopic (exact) mass is 398 g/mol. The van der Waals surface area contributed by atoms with E-state index in [0.717, 1.165) is 19.0 Å². The molecule has 2 heterocycles. The van der Waals surface area contributed by atoms with Crippen molar-refractivity contribution in [1.82, 2.24) is 19.7 Å². The molecule has 0 bridgehead atoms. The maximum atomic E-state index is 13.2. The predicted octanol–water partition coefficient (Wildman–Crippen LogP) is 4.43. The maximum Gasteiger partial charge on any atom is 0.421 e. The largest absolute Gasteiger partial charge is 0.421 e. The summed E-state index contributed by atoms with van der Waals surface area (Å²) >= 11 is 0. The second-order valence-corrected chi connectivity index (χ2v) is 6.45. The third-order valence-corrected chi connectivity index (χ3v) is 4.26. The summed E-state index contributed by atoms with van der Waals surface area (Å²) in [7, 11) is 0. The van der Waals surface area contributed by atoms with Crippen LogP contribution >= 0.6 is 0 Å². The van der Waals surface area contributed by atoms with E-state index in [0.29, 0.717) is 16.6 Å². The lowest BCUT2D eigenvalue weighted by Crippen LogP contribution is -2.15. The Bertz CT molecular complexity index is 995. The van der Waals surface area contributed by atoms with Gasteiger partial charge >= 0.3 is 6.18 Å². The van der Waals surface area contributed by atoms with Crippen molar-refractivity contribution in [3.63, 3.8) is 0 Å². The molecule has 0 aliphatic heterocycles. The van der Waals surface area contributed by atoms with Gasteiger partial charge in [-0.25, -0.2) is 13.8 Å². The van der Waals surface area contributed by atoms with Crippen LogP contribution in [0.15, 0.2) is 30.6 Å². The van der Waals surface area contributed by atoms with Gasteiger partial charge in [-0.05, 0) is 25.0 Å². The van der Waals surface area contributed by atoms with Gasteiger partial charge in [-0.3, -0.25) is 4.68 Å². The van der Waals surface area contributed by atoms with Crippen LogP contribution in [0.2, 0.25) is 0 Å². The summed E-state index contributed by atoms with van der Waals surface area (Å²) in [6, 6.07) is 4.87. The minimum absolute atomic E-state index is 0.0279. The molecule has 6 nitrogen and oxygen atoms in total. The quantitative estimate of drug-likeness (QED) is 0.602. The topological polar surface area (TPSA) is 67.7 Å². The van der Waals surface area contributed by atoms with Crippen molar-refractivity contribution in [2.75, 3.05) is 10.6 Å². The molecular weight excluding hydrogens is 383 g/mol. The minimum Gasteiger partial charge on any atom is -0.367 e. The van der Waals surface area contributed by atoms with Crippen LogP contribution < -0.4 is 10.6 Å². The number of halogens is 5. The second kappa shape index (κ2) is 6.88. The average Bonchev–Trinajstić information content (AvgIpc) is 3.33. The summed E-state index contributed by atoms with van der Waals surface area (Å²) in [4.78, 5) is 7.74. The van der Waals surface area contributed by atoms with Crippen LogP contribution in [-0.4, -0.2) is 32.2 Å². The zero-order chi connectivity index (χ0) is 19.9. The van der Waals surface area contributed by atoms with E-state index in [9.17, 15) is 22.0 Å². The van der Waals surface area contributed by atoms with Crippen LogP contribution in [0.4, 0.5) is 39.4 Å². The summed E-state index contributed by atoms with van der Waals surface area (Å²) in [5, 5.41) is 10.1. The molecule has 2 N–H and O–H groups in total. The summed E-state index contributed by atoms with van der Waals surface area (Å²) in [6.07, 6.45) is -3.44. The minimum atomic E-state index is -4.58. The number of alkyl halides is 5. The molecule has 0 spiro atoms. The Morgan fingerprint density at radius 3 is 2.64 bits per heavy atom. The van der Waals surface area contributed by atoms with Crippen LogP contribution in [0.3, 0.4) is 0 Å². The molecule has 1 saturated carbocycles. The first-order valence-electron chi connectivity index (χ1n) is 8.52. The predicted molar refractivity (Wildman–Crippen MR) is 92.7 cm³/mol. The van der Waals surface area contributed by atoms with Crippen molar-refractivity contribution in [2.45, 2.75) is 38.0 Å². The van der Waals surface area contributed by atoms with Gasteiger partial charge in [0, 0.05) is 17.6 Å². The Kier molecular flexibility index (Phi) is 4.52. The van der Waals surface area contributed by atoms with E-state index in [1.807, 2.05) is 0 Å². The SMILES string of the molecule is FC(F)Cn1ncc2c(Nc3ncc(C(F)(F)F)c(NC4CC4)n3)cccc21. The van der Waals surface area contributed by atoms with Crippen molar-refractivity contribution in [1.29, 1.82) is 0 Å². The highest BCUT2D eigenvalue weighted by Gasteiger charge is 2.36. The zero-order valence-corrected chi connectivity index (χ0v) is 14.3. The number of nitrogens with one attached hydrogen (secondary N) is 2. The van der Waals surface area contributed by atoms with E-state index in [4.69, 9.17) is 0 Å². The first-order chi connectivity index (χ1) is 13.3. The lowest BCUT2D eigenvalue weighted by molar-refractivity contribution is -0.137. The Labute approximate surface area is 155 Å². The van der Waals surface area contributed by atoms with Gasteiger partial charge in [0.1, 0.15) is 17.9 Å². The molecule has 1 aromatic carbocycles. The van der Waals surface area contributed by atoms with Crippen LogP contribution in [0, 0.1) is 0 Å². The van der Waals surface area contributed by atoms with Crippen LogP contribution in [-0.2, 0) is 12.7 Å². The number of aromatic nitrogens is 4. The molecule has 11 heteroatoms. The Morgan fingerprint density at radius 1 is 1.18 bits per heavy atom. The normalized spacial score (nSPS) is 14.6. The van der Waals surface area contributed by atoms with E-state index in [1.54, 1.807) is 18.2 Å². The molecule has 1 aliphatic rings. The molecule has 0 atom stereocenters. The standard InChI is InChI=1S/C17H15F5N6/c18-14(19)8-28-13-3-1-2-12(10(13)6-24-28)26-16-23-7-11(17(20,21)22)15(27-16)25-9-4-5-9/h1-3,6-7,9,14H,4-5,8H2,(H2,23,25,26,27). The van der Waals surface area contributed by atoms with Gasteiger partial charge in [-0.1, -0.05) is 6.07 Å². The van der Waals surface area contributed by atoms with E-state index >= 15 is 0 Å². The van der Waals surface area contributed by atoms with Crippen molar-refractivity contribution in [3.05, 3.63) is 36.2 Å². The van der Waals surface area contributed by atoms with Crippen molar-refractivity contribution >= 4 is 28.4 Å². The van der Waals surface area contributed by atoms with Gasteiger partial charge in [-0.15, -0.1) is 0 Å². The average molecular weight is 398 g/mol. The van der Waals surface area contributed by atoms with Crippen LogP contribution in [0.1, 0.15) is 18.4 Å². The fourth-order valence-electron chi connectivity index (χ4n) is 2.79. The van der Waals surface area contributed by atoms with Gasteiger partial charge in [0.05, 0.1) is 17.4 Å². The lowest BCUT2D eigenvalue weighted by Gasteiger charge is -2.14. The Hall–Kier alpha value is -2.98. The summed E-state index contributed by atoms with van der Waals surface area (Å²) in [6.45, 7) is -0.556. The smallest absolute Gasteiger partial charge is 0.367 e. The number of hydrogen-bond donors (Lipinski definition) is 2. The molecule has 0 saturated heterocycles. The van der Waals surface area contributed by atoms with Gasteiger partial charge in [0.15, 0.2) is 0 Å². The molecule has 2 aromatic heterocycles. The first-order valence-corrected chi connectivity index (χ1v) is 8.52.